The summed E-state index contributed by atoms with van der Waals surface area (Å²) in [7, 11) is 6.96. The molecule has 1 aromatic rings. The third-order valence-corrected chi connectivity index (χ3v) is 8.15. The number of benzene rings is 1. The van der Waals surface area contributed by atoms with Crippen LogP contribution in [0.25, 0.3) is 0 Å². The zero-order chi connectivity index (χ0) is 30.1. The van der Waals surface area contributed by atoms with E-state index < -0.39 is 63.5 Å². The highest BCUT2D eigenvalue weighted by molar-refractivity contribution is 6.24. The van der Waals surface area contributed by atoms with Crippen LogP contribution >= 0.6 is 0 Å². The molecule has 0 bridgehead atoms. The van der Waals surface area contributed by atoms with E-state index in [-0.39, 0.29) is 29.7 Å². The molecule has 0 saturated carbocycles. The van der Waals surface area contributed by atoms with Crippen molar-refractivity contribution in [3.05, 3.63) is 51.0 Å². The van der Waals surface area contributed by atoms with E-state index in [0.29, 0.717) is 23.2 Å². The van der Waals surface area contributed by atoms with Crippen molar-refractivity contribution in [2.45, 2.75) is 50.7 Å². The van der Waals surface area contributed by atoms with Crippen molar-refractivity contribution in [3.63, 3.8) is 0 Å². The van der Waals surface area contributed by atoms with E-state index in [4.69, 9.17) is 5.73 Å². The van der Waals surface area contributed by atoms with Gasteiger partial charge in [0.2, 0.25) is 5.78 Å². The monoisotopic (exact) mass is 551 g/mol. The summed E-state index contributed by atoms with van der Waals surface area (Å²) in [6.45, 7) is 6.13. The molecule has 1 aromatic carbocycles. The highest BCUT2D eigenvalue weighted by Crippen LogP contribution is 2.53. The number of aliphatic hydroxyl groups is 3. The van der Waals surface area contributed by atoms with Crippen molar-refractivity contribution < 1.29 is 34.8 Å². The van der Waals surface area contributed by atoms with Gasteiger partial charge in [0, 0.05) is 22.6 Å². The van der Waals surface area contributed by atoms with Gasteiger partial charge >= 0.3 is 0 Å². The molecule has 10 heteroatoms. The number of aliphatic hydroxyl groups excluding tert-OH is 2. The van der Waals surface area contributed by atoms with E-state index >= 15 is 0 Å². The smallest absolute Gasteiger partial charge is 0.255 e. The molecule has 3 aliphatic carbocycles. The summed E-state index contributed by atoms with van der Waals surface area (Å²) in [5.74, 6) is -0.442. The maximum Gasteiger partial charge on any atom is 0.255 e. The molecule has 10 nitrogen and oxygen atoms in total. The summed E-state index contributed by atoms with van der Waals surface area (Å²) in [5.41, 5.74) is 2.71. The lowest BCUT2D eigenvalue weighted by Crippen LogP contribution is -2.63. The number of phenolic OH excluding ortho intramolecular Hbond substituents is 1. The first kappa shape index (κ1) is 29.3. The summed E-state index contributed by atoms with van der Waals surface area (Å²) in [6, 6.07) is 0.750. The van der Waals surface area contributed by atoms with Crippen molar-refractivity contribution in [2.24, 2.45) is 17.6 Å². The van der Waals surface area contributed by atoms with Crippen molar-refractivity contribution in [1.29, 1.82) is 0 Å². The summed E-state index contributed by atoms with van der Waals surface area (Å²) in [4.78, 5) is 43.1. The number of ketones is 2. The van der Waals surface area contributed by atoms with Gasteiger partial charge in [-0.25, -0.2) is 0 Å². The van der Waals surface area contributed by atoms with Gasteiger partial charge in [0.1, 0.15) is 22.8 Å². The molecule has 4 rings (SSSR count). The number of hydrogen-bond donors (Lipinski definition) is 5. The normalized spacial score (nSPS) is 26.4. The number of carbonyl (C=O) groups excluding carboxylic acids is 3. The maximum atomic E-state index is 14.1. The van der Waals surface area contributed by atoms with Gasteiger partial charge in [0.25, 0.3) is 5.91 Å². The zero-order valence-electron chi connectivity index (χ0n) is 23.9. The molecule has 6 N–H and O–H groups in total. The van der Waals surface area contributed by atoms with Gasteiger partial charge < -0.3 is 26.2 Å². The van der Waals surface area contributed by atoms with Gasteiger partial charge in [0.15, 0.2) is 11.4 Å². The lowest BCUT2D eigenvalue weighted by atomic mass is 9.58. The SMILES string of the molecule is CN(C)CC#Cc1cc(C(C)(C)C)c(O)c2c1C[C@H]1C[C@H]3[C@H](N(C)C)C(O)=C(C(N)=O)C(=O)[C@@]3(O)C(O)=C1C2=O. The van der Waals surface area contributed by atoms with Crippen LogP contribution in [0.2, 0.25) is 0 Å². The lowest BCUT2D eigenvalue weighted by molar-refractivity contribution is -0.148. The zero-order valence-corrected chi connectivity index (χ0v) is 23.9. The molecule has 4 atom stereocenters. The van der Waals surface area contributed by atoms with Crippen LogP contribution in [-0.2, 0) is 21.4 Å². The van der Waals surface area contributed by atoms with Gasteiger partial charge in [0.05, 0.1) is 18.2 Å². The highest BCUT2D eigenvalue weighted by atomic mass is 16.3. The number of allylic oxidation sites excluding steroid dienone is 1. The molecule has 3 aliphatic rings. The number of rotatable bonds is 3. The number of aromatic hydroxyl groups is 1. The Labute approximate surface area is 233 Å². The Morgan fingerprint density at radius 3 is 2.30 bits per heavy atom. The van der Waals surface area contributed by atoms with E-state index in [1.165, 1.54) is 4.90 Å². The van der Waals surface area contributed by atoms with Crippen LogP contribution in [0.3, 0.4) is 0 Å². The Morgan fingerprint density at radius 2 is 1.77 bits per heavy atom. The fourth-order valence-corrected chi connectivity index (χ4v) is 6.29. The van der Waals surface area contributed by atoms with Crippen molar-refractivity contribution >= 4 is 17.5 Å². The Hall–Kier alpha value is -3.65. The predicted molar refractivity (Wildman–Crippen MR) is 148 cm³/mol. The molecule has 214 valence electrons. The molecule has 0 fully saturated rings. The molecule has 40 heavy (non-hydrogen) atoms. The minimum Gasteiger partial charge on any atom is -0.510 e. The summed E-state index contributed by atoms with van der Waals surface area (Å²) < 4.78 is 0. The molecule has 0 aliphatic heterocycles. The second kappa shape index (κ2) is 9.77. The van der Waals surface area contributed by atoms with Gasteiger partial charge in [-0.15, -0.1) is 0 Å². The van der Waals surface area contributed by atoms with E-state index in [2.05, 4.69) is 11.8 Å². The quantitative estimate of drug-likeness (QED) is 0.275. The minimum absolute atomic E-state index is 0.0256. The lowest BCUT2D eigenvalue weighted by Gasteiger charge is -2.50. The fraction of sp³-hybridized carbons (Fsp3) is 0.500. The Bertz CT molecular complexity index is 1450. The number of likely N-dealkylation sites (N-methyl/N-ethyl adjacent to an activating group) is 1. The molecule has 0 aromatic heterocycles. The number of fused-ring (bicyclic) bond motifs is 3. The first-order valence-corrected chi connectivity index (χ1v) is 13.1. The fourth-order valence-electron chi connectivity index (χ4n) is 6.29. The molecule has 0 heterocycles. The van der Waals surface area contributed by atoms with Gasteiger partial charge in [-0.3, -0.25) is 24.2 Å². The first-order valence-electron chi connectivity index (χ1n) is 13.1. The van der Waals surface area contributed by atoms with Crippen LogP contribution in [-0.4, -0.2) is 94.1 Å². The maximum absolute atomic E-state index is 14.1. The second-order valence-electron chi connectivity index (χ2n) is 12.4. The van der Waals surface area contributed by atoms with Crippen LogP contribution in [0.1, 0.15) is 54.2 Å². The van der Waals surface area contributed by atoms with E-state index in [1.54, 1.807) is 20.2 Å². The van der Waals surface area contributed by atoms with Gasteiger partial charge in [-0.2, -0.15) is 0 Å². The molecular formula is C30H37N3O7. The summed E-state index contributed by atoms with van der Waals surface area (Å²) >= 11 is 0. The molecular weight excluding hydrogens is 514 g/mol. The Balaban J connectivity index is 1.99. The number of amides is 1. The number of nitrogens with zero attached hydrogens (tertiary/aromatic N) is 2. The summed E-state index contributed by atoms with van der Waals surface area (Å²) in [6.07, 6.45) is 0.219. The average molecular weight is 552 g/mol. The topological polar surface area (TPSA) is 165 Å². The summed E-state index contributed by atoms with van der Waals surface area (Å²) in [5, 5.41) is 45.5. The molecule has 0 spiro atoms. The number of carbonyl (C=O) groups is 3. The van der Waals surface area contributed by atoms with E-state index in [9.17, 15) is 34.8 Å². The predicted octanol–water partition coefficient (Wildman–Crippen LogP) is 1.33. The highest BCUT2D eigenvalue weighted by Gasteiger charge is 2.63. The Morgan fingerprint density at radius 1 is 1.15 bits per heavy atom. The van der Waals surface area contributed by atoms with E-state index in [1.807, 2.05) is 39.8 Å². The minimum atomic E-state index is -2.67. The number of phenols is 1. The second-order valence-corrected chi connectivity index (χ2v) is 12.4. The molecule has 0 saturated heterocycles. The van der Waals surface area contributed by atoms with Crippen LogP contribution in [0, 0.1) is 23.7 Å². The standard InChI is InChI=1S/C30H37N3O7/c1-29(2,3)18-12-14(9-8-10-32(4)5)16-11-15-13-17-22(33(6)7)25(36)21(28(31)39)27(38)30(17,40)26(37)19(15)24(35)20(16)23(18)34/h12,15,17,22,34,36-37,40H,10-11,13H2,1-7H3,(H2,31,39)/t15-,17-,22-,30-/m0/s1. The largest absolute Gasteiger partial charge is 0.510 e. The van der Waals surface area contributed by atoms with Crippen LogP contribution in [0.4, 0.5) is 0 Å². The van der Waals surface area contributed by atoms with Crippen LogP contribution < -0.4 is 5.73 Å². The van der Waals surface area contributed by atoms with Crippen molar-refractivity contribution in [3.8, 4) is 17.6 Å². The number of primary amides is 1. The molecule has 0 radical (unpaired) electrons. The van der Waals surface area contributed by atoms with Gasteiger partial charge in [-0.1, -0.05) is 32.6 Å². The number of nitrogens with two attached hydrogens (primary N) is 1. The third kappa shape index (κ3) is 4.29. The third-order valence-electron chi connectivity index (χ3n) is 8.15. The number of Topliss-reactive ketones (excluding diaryl/α,β-unsaturated/α-hetero) is 2. The molecule has 1 amide bonds. The molecule has 0 unspecified atom stereocenters. The average Bonchev–Trinajstić information content (AvgIpc) is 2.81. The first-order chi connectivity index (χ1) is 18.4. The van der Waals surface area contributed by atoms with Crippen LogP contribution in [0.5, 0.6) is 5.75 Å². The number of hydrogen-bond acceptors (Lipinski definition) is 9. The van der Waals surface area contributed by atoms with E-state index in [0.717, 1.165) is 0 Å². The van der Waals surface area contributed by atoms with Crippen LogP contribution in [0.15, 0.2) is 28.7 Å². The Kier molecular flexibility index (Phi) is 7.16. The van der Waals surface area contributed by atoms with Crippen molar-refractivity contribution in [1.82, 2.24) is 9.80 Å². The van der Waals surface area contributed by atoms with Crippen molar-refractivity contribution in [2.75, 3.05) is 34.7 Å². The van der Waals surface area contributed by atoms with Gasteiger partial charge in [-0.05, 0) is 64.0 Å².